The van der Waals surface area contributed by atoms with Gasteiger partial charge in [0.1, 0.15) is 11.6 Å². The third kappa shape index (κ3) is 7.22. The first-order chi connectivity index (χ1) is 15.0. The second-order valence-corrected chi connectivity index (χ2v) is 8.24. The maximum Gasteiger partial charge on any atom is 0.260 e. The lowest BCUT2D eigenvalue weighted by Gasteiger charge is -2.34. The Labute approximate surface area is 182 Å². The minimum Gasteiger partial charge on any atom is -0.484 e. The number of hydrogen-bond donors (Lipinski definition) is 1. The van der Waals surface area contributed by atoms with Crippen LogP contribution in [0.25, 0.3) is 0 Å². The predicted molar refractivity (Wildman–Crippen MR) is 114 cm³/mol. The summed E-state index contributed by atoms with van der Waals surface area (Å²) < 4.78 is 18.4. The van der Waals surface area contributed by atoms with Gasteiger partial charge in [-0.05, 0) is 49.9 Å². The largest absolute Gasteiger partial charge is 0.484 e. The summed E-state index contributed by atoms with van der Waals surface area (Å²) in [6.07, 6.45) is 5.62. The Morgan fingerprint density at radius 2 is 1.68 bits per heavy atom. The zero-order valence-electron chi connectivity index (χ0n) is 18.0. The summed E-state index contributed by atoms with van der Waals surface area (Å²) in [5, 5.41) is 2.91. The molecule has 2 aliphatic rings. The molecule has 170 valence electrons. The Morgan fingerprint density at radius 1 is 0.968 bits per heavy atom. The molecule has 0 bridgehead atoms. The van der Waals surface area contributed by atoms with Crippen molar-refractivity contribution in [1.29, 1.82) is 0 Å². The third-order valence-corrected chi connectivity index (χ3v) is 5.97. The molecule has 31 heavy (non-hydrogen) atoms. The molecule has 2 heterocycles. The zero-order valence-corrected chi connectivity index (χ0v) is 18.0. The number of halogens is 1. The quantitative estimate of drug-likeness (QED) is 0.791. The van der Waals surface area contributed by atoms with Crippen LogP contribution in [0.5, 0.6) is 5.75 Å². The molecule has 7 nitrogen and oxygen atoms in total. The van der Waals surface area contributed by atoms with Crippen LogP contribution in [-0.2, 0) is 14.4 Å². The monoisotopic (exact) mass is 433 g/mol. The Hall–Kier alpha value is -2.64. The van der Waals surface area contributed by atoms with E-state index in [9.17, 15) is 18.8 Å². The van der Waals surface area contributed by atoms with Crippen molar-refractivity contribution in [2.24, 2.45) is 5.92 Å². The van der Waals surface area contributed by atoms with Crippen molar-refractivity contribution >= 4 is 17.7 Å². The summed E-state index contributed by atoms with van der Waals surface area (Å²) in [7, 11) is 0. The molecule has 8 heteroatoms. The van der Waals surface area contributed by atoms with E-state index in [1.807, 2.05) is 4.90 Å². The fraction of sp³-hybridized carbons (Fsp3) is 0.609. The maximum atomic E-state index is 13.1. The van der Waals surface area contributed by atoms with E-state index in [2.05, 4.69) is 5.32 Å². The van der Waals surface area contributed by atoms with E-state index in [1.165, 1.54) is 24.3 Å². The highest BCUT2D eigenvalue weighted by Crippen LogP contribution is 2.21. The molecule has 1 aromatic rings. The van der Waals surface area contributed by atoms with Gasteiger partial charge in [0.25, 0.3) is 5.91 Å². The summed E-state index contributed by atoms with van der Waals surface area (Å²) in [6, 6.07) is 5.56. The fourth-order valence-electron chi connectivity index (χ4n) is 4.07. The number of benzene rings is 1. The molecule has 0 aliphatic carbocycles. The van der Waals surface area contributed by atoms with Crippen molar-refractivity contribution in [3.05, 3.63) is 30.1 Å². The molecule has 2 saturated heterocycles. The summed E-state index contributed by atoms with van der Waals surface area (Å²) in [4.78, 5) is 41.0. The lowest BCUT2D eigenvalue weighted by Crippen LogP contribution is -2.46. The van der Waals surface area contributed by atoms with Gasteiger partial charge in [-0.3, -0.25) is 14.4 Å². The van der Waals surface area contributed by atoms with Crippen molar-refractivity contribution in [1.82, 2.24) is 15.1 Å². The van der Waals surface area contributed by atoms with Crippen LogP contribution in [0.2, 0.25) is 0 Å². The highest BCUT2D eigenvalue weighted by atomic mass is 19.1. The van der Waals surface area contributed by atoms with Crippen molar-refractivity contribution in [2.45, 2.75) is 44.9 Å². The van der Waals surface area contributed by atoms with E-state index in [0.717, 1.165) is 25.7 Å². The van der Waals surface area contributed by atoms with Crippen LogP contribution in [0.4, 0.5) is 4.39 Å². The number of nitrogens with one attached hydrogen (secondary N) is 1. The summed E-state index contributed by atoms with van der Waals surface area (Å²) in [6.45, 7) is 2.77. The lowest BCUT2D eigenvalue weighted by molar-refractivity contribution is -0.142. The highest BCUT2D eigenvalue weighted by molar-refractivity contribution is 5.82. The number of rotatable bonds is 4. The second kappa shape index (κ2) is 11.7. The first-order valence-corrected chi connectivity index (χ1v) is 11.2. The van der Waals surface area contributed by atoms with Crippen LogP contribution in [-0.4, -0.2) is 66.9 Å². The summed E-state index contributed by atoms with van der Waals surface area (Å²) in [5.74, 6) is -0.0587. The topological polar surface area (TPSA) is 79.0 Å². The molecule has 0 spiro atoms. The SMILES string of the molecule is O=C1CCN(C(=O)C2CCN(C(=O)COc3ccc(F)cc3)CC2)CCCCCCN1. The van der Waals surface area contributed by atoms with Crippen molar-refractivity contribution in [3.8, 4) is 5.75 Å². The molecular formula is C23H32FN3O4. The van der Waals surface area contributed by atoms with Gasteiger partial charge in [0.2, 0.25) is 11.8 Å². The minimum absolute atomic E-state index is 0.00118. The van der Waals surface area contributed by atoms with Crippen molar-refractivity contribution in [2.75, 3.05) is 39.3 Å². The van der Waals surface area contributed by atoms with Gasteiger partial charge in [0, 0.05) is 45.1 Å². The van der Waals surface area contributed by atoms with E-state index < -0.39 is 0 Å². The van der Waals surface area contributed by atoms with Gasteiger partial charge in [-0.1, -0.05) is 12.8 Å². The summed E-state index contributed by atoms with van der Waals surface area (Å²) in [5.41, 5.74) is 0. The van der Waals surface area contributed by atoms with E-state index >= 15 is 0 Å². The number of hydrogen-bond acceptors (Lipinski definition) is 4. The molecule has 3 amide bonds. The Morgan fingerprint density at radius 3 is 2.42 bits per heavy atom. The number of amides is 3. The van der Waals surface area contributed by atoms with E-state index in [4.69, 9.17) is 4.74 Å². The zero-order chi connectivity index (χ0) is 22.1. The Kier molecular flexibility index (Phi) is 8.67. The third-order valence-electron chi connectivity index (χ3n) is 5.97. The molecule has 0 aromatic heterocycles. The number of likely N-dealkylation sites (tertiary alicyclic amines) is 1. The number of carbonyl (C=O) groups excluding carboxylic acids is 3. The number of nitrogens with zero attached hydrogens (tertiary/aromatic N) is 2. The van der Waals surface area contributed by atoms with Crippen molar-refractivity contribution < 1.29 is 23.5 Å². The van der Waals surface area contributed by atoms with Gasteiger partial charge < -0.3 is 19.9 Å². The predicted octanol–water partition coefficient (Wildman–Crippen LogP) is 2.35. The minimum atomic E-state index is -0.354. The second-order valence-electron chi connectivity index (χ2n) is 8.24. The van der Waals surface area contributed by atoms with Crippen LogP contribution in [0.1, 0.15) is 44.9 Å². The average molecular weight is 434 g/mol. The van der Waals surface area contributed by atoms with Crippen LogP contribution < -0.4 is 10.1 Å². The molecule has 2 aliphatic heterocycles. The fourth-order valence-corrected chi connectivity index (χ4v) is 4.07. The van der Waals surface area contributed by atoms with Crippen LogP contribution in [0, 0.1) is 11.7 Å². The van der Waals surface area contributed by atoms with Gasteiger partial charge in [0.05, 0.1) is 0 Å². The van der Waals surface area contributed by atoms with E-state index in [0.29, 0.717) is 57.7 Å². The highest BCUT2D eigenvalue weighted by Gasteiger charge is 2.30. The number of piperidine rings is 1. The average Bonchev–Trinajstić information content (AvgIpc) is 2.83. The summed E-state index contributed by atoms with van der Waals surface area (Å²) >= 11 is 0. The molecule has 0 atom stereocenters. The van der Waals surface area contributed by atoms with E-state index in [1.54, 1.807) is 4.90 Å². The van der Waals surface area contributed by atoms with Crippen molar-refractivity contribution in [3.63, 3.8) is 0 Å². The van der Waals surface area contributed by atoms with Crippen LogP contribution in [0.3, 0.4) is 0 Å². The molecule has 2 fully saturated rings. The maximum absolute atomic E-state index is 13.1. The Balaban J connectivity index is 1.45. The molecule has 0 unspecified atom stereocenters. The first-order valence-electron chi connectivity index (χ1n) is 11.2. The normalized spacial score (nSPS) is 19.3. The van der Waals surface area contributed by atoms with Gasteiger partial charge in [-0.15, -0.1) is 0 Å². The van der Waals surface area contributed by atoms with Gasteiger partial charge in [0.15, 0.2) is 6.61 Å². The van der Waals surface area contributed by atoms with E-state index in [-0.39, 0.29) is 36.1 Å². The molecule has 0 radical (unpaired) electrons. The molecule has 3 rings (SSSR count). The van der Waals surface area contributed by atoms with Gasteiger partial charge in [-0.2, -0.15) is 0 Å². The number of ether oxygens (including phenoxy) is 1. The molecule has 1 N–H and O–H groups in total. The van der Waals surface area contributed by atoms with Crippen LogP contribution in [0.15, 0.2) is 24.3 Å². The molecular weight excluding hydrogens is 401 g/mol. The standard InChI is InChI=1S/C23H32FN3O4/c24-19-5-7-20(8-6-19)31-17-22(29)26-14-9-18(10-15-26)23(30)27-13-4-2-1-3-12-25-21(28)11-16-27/h5-8,18H,1-4,9-17H2,(H,25,28). The molecule has 1 aromatic carbocycles. The molecule has 0 saturated carbocycles. The lowest BCUT2D eigenvalue weighted by atomic mass is 9.95. The smallest absolute Gasteiger partial charge is 0.260 e. The van der Waals surface area contributed by atoms with Gasteiger partial charge >= 0.3 is 0 Å². The first kappa shape index (κ1) is 23.0. The Bertz CT molecular complexity index is 748. The number of carbonyl (C=O) groups is 3. The van der Waals surface area contributed by atoms with Gasteiger partial charge in [-0.25, -0.2) is 4.39 Å². The van der Waals surface area contributed by atoms with Crippen LogP contribution >= 0.6 is 0 Å².